The fourth-order valence-corrected chi connectivity index (χ4v) is 1.86. The van der Waals surface area contributed by atoms with Crippen LogP contribution in [0, 0.1) is 0 Å². The van der Waals surface area contributed by atoms with Gasteiger partial charge in [-0.3, -0.25) is 9.78 Å². The molecule has 1 aliphatic heterocycles. The van der Waals surface area contributed by atoms with Crippen molar-refractivity contribution in [2.75, 3.05) is 13.2 Å². The van der Waals surface area contributed by atoms with Crippen molar-refractivity contribution in [3.8, 4) is 0 Å². The third-order valence-corrected chi connectivity index (χ3v) is 2.87. The monoisotopic (exact) mass is 207 g/mol. The van der Waals surface area contributed by atoms with Crippen LogP contribution in [0.15, 0.2) is 24.5 Å². The highest BCUT2D eigenvalue weighted by Gasteiger charge is 2.40. The highest BCUT2D eigenvalue weighted by molar-refractivity contribution is 5.66. The van der Waals surface area contributed by atoms with E-state index in [4.69, 9.17) is 9.84 Å². The van der Waals surface area contributed by atoms with Crippen LogP contribution in [0.5, 0.6) is 0 Å². The van der Waals surface area contributed by atoms with Crippen molar-refractivity contribution >= 4 is 5.97 Å². The maximum absolute atomic E-state index is 10.6. The van der Waals surface area contributed by atoms with Crippen LogP contribution in [0.2, 0.25) is 0 Å². The van der Waals surface area contributed by atoms with Gasteiger partial charge < -0.3 is 9.84 Å². The summed E-state index contributed by atoms with van der Waals surface area (Å²) >= 11 is 0. The SMILES string of the molecule is O=C(O)CCC1(c2ccncc2)COC1. The lowest BCUT2D eigenvalue weighted by Gasteiger charge is -2.41. The Hall–Kier alpha value is -1.42. The second-order valence-electron chi connectivity index (χ2n) is 3.90. The second kappa shape index (κ2) is 3.98. The molecule has 0 bridgehead atoms. The van der Waals surface area contributed by atoms with Crippen LogP contribution in [-0.2, 0) is 14.9 Å². The molecule has 0 amide bonds. The fraction of sp³-hybridized carbons (Fsp3) is 0.455. The number of carbonyl (C=O) groups is 1. The van der Waals surface area contributed by atoms with Crippen LogP contribution in [0.1, 0.15) is 18.4 Å². The standard InChI is InChI=1S/C11H13NO3/c13-10(14)1-4-11(7-15-8-11)9-2-5-12-6-3-9/h2-3,5-6H,1,4,7-8H2,(H,13,14). The summed E-state index contributed by atoms with van der Waals surface area (Å²) in [6.45, 7) is 1.23. The molecule has 1 fully saturated rings. The van der Waals surface area contributed by atoms with E-state index < -0.39 is 5.97 Å². The Bertz CT molecular complexity index is 346. The summed E-state index contributed by atoms with van der Waals surface area (Å²) in [5, 5.41) is 8.69. The van der Waals surface area contributed by atoms with Gasteiger partial charge in [0.05, 0.1) is 13.2 Å². The first-order valence-electron chi connectivity index (χ1n) is 4.93. The molecule has 1 N–H and O–H groups in total. The summed E-state index contributed by atoms with van der Waals surface area (Å²) in [5.41, 5.74) is 1.03. The molecule has 2 heterocycles. The van der Waals surface area contributed by atoms with Gasteiger partial charge in [0.25, 0.3) is 0 Å². The maximum Gasteiger partial charge on any atom is 0.303 e. The lowest BCUT2D eigenvalue weighted by Crippen LogP contribution is -2.47. The number of nitrogens with zero attached hydrogens (tertiary/aromatic N) is 1. The van der Waals surface area contributed by atoms with Crippen LogP contribution in [-0.4, -0.2) is 29.3 Å². The third-order valence-electron chi connectivity index (χ3n) is 2.87. The summed E-state index contributed by atoms with van der Waals surface area (Å²) in [7, 11) is 0. The number of carboxylic acids is 1. The van der Waals surface area contributed by atoms with Crippen LogP contribution >= 0.6 is 0 Å². The van der Waals surface area contributed by atoms with Crippen LogP contribution in [0.4, 0.5) is 0 Å². The number of aliphatic carboxylic acids is 1. The van der Waals surface area contributed by atoms with Gasteiger partial charge in [0.2, 0.25) is 0 Å². The molecule has 1 aromatic heterocycles. The molecule has 4 nitrogen and oxygen atoms in total. The normalized spacial score (nSPS) is 18.1. The van der Waals surface area contributed by atoms with Gasteiger partial charge in [0.15, 0.2) is 0 Å². The van der Waals surface area contributed by atoms with Crippen molar-refractivity contribution in [2.45, 2.75) is 18.3 Å². The van der Waals surface area contributed by atoms with E-state index in [1.807, 2.05) is 12.1 Å². The smallest absolute Gasteiger partial charge is 0.303 e. The van der Waals surface area contributed by atoms with E-state index in [1.165, 1.54) is 0 Å². The maximum atomic E-state index is 10.6. The molecule has 0 aromatic carbocycles. The van der Waals surface area contributed by atoms with Gasteiger partial charge in [0.1, 0.15) is 0 Å². The number of ether oxygens (including phenoxy) is 1. The molecule has 1 aromatic rings. The number of hydrogen-bond donors (Lipinski definition) is 1. The number of hydrogen-bond acceptors (Lipinski definition) is 3. The van der Waals surface area contributed by atoms with Crippen molar-refractivity contribution in [2.24, 2.45) is 0 Å². The zero-order valence-corrected chi connectivity index (χ0v) is 8.35. The summed E-state index contributed by atoms with van der Waals surface area (Å²) in [5.74, 6) is -0.754. The zero-order valence-electron chi connectivity index (χ0n) is 8.35. The molecule has 0 unspecified atom stereocenters. The van der Waals surface area contributed by atoms with E-state index in [9.17, 15) is 4.79 Å². The molecule has 4 heteroatoms. The van der Waals surface area contributed by atoms with Gasteiger partial charge in [0, 0.05) is 24.2 Å². The number of carboxylic acid groups (broad SMARTS) is 1. The average Bonchev–Trinajstić information content (AvgIpc) is 2.17. The minimum atomic E-state index is -0.754. The molecular formula is C11H13NO3. The van der Waals surface area contributed by atoms with E-state index in [0.29, 0.717) is 19.6 Å². The molecule has 1 aliphatic rings. The van der Waals surface area contributed by atoms with Crippen molar-refractivity contribution in [3.05, 3.63) is 30.1 Å². The summed E-state index contributed by atoms with van der Waals surface area (Å²) < 4.78 is 5.21. The van der Waals surface area contributed by atoms with Gasteiger partial charge >= 0.3 is 5.97 Å². The molecule has 1 saturated heterocycles. The van der Waals surface area contributed by atoms with Crippen molar-refractivity contribution in [1.29, 1.82) is 0 Å². The van der Waals surface area contributed by atoms with Crippen LogP contribution < -0.4 is 0 Å². The van der Waals surface area contributed by atoms with E-state index in [1.54, 1.807) is 12.4 Å². The number of rotatable bonds is 4. The van der Waals surface area contributed by atoms with E-state index in [-0.39, 0.29) is 11.8 Å². The minimum absolute atomic E-state index is 0.0959. The first-order chi connectivity index (χ1) is 7.23. The van der Waals surface area contributed by atoms with E-state index in [2.05, 4.69) is 4.98 Å². The van der Waals surface area contributed by atoms with Crippen molar-refractivity contribution in [3.63, 3.8) is 0 Å². The lowest BCUT2D eigenvalue weighted by atomic mass is 9.75. The molecule has 0 saturated carbocycles. The fourth-order valence-electron chi connectivity index (χ4n) is 1.86. The Labute approximate surface area is 87.9 Å². The molecule has 0 radical (unpaired) electrons. The molecular weight excluding hydrogens is 194 g/mol. The van der Waals surface area contributed by atoms with Crippen molar-refractivity contribution < 1.29 is 14.6 Å². The first kappa shape index (κ1) is 10.1. The molecule has 0 spiro atoms. The van der Waals surface area contributed by atoms with Crippen molar-refractivity contribution in [1.82, 2.24) is 4.98 Å². The Kier molecular flexibility index (Phi) is 2.68. The number of aromatic nitrogens is 1. The van der Waals surface area contributed by atoms with E-state index in [0.717, 1.165) is 5.56 Å². The lowest BCUT2D eigenvalue weighted by molar-refractivity contribution is -0.139. The predicted molar refractivity (Wildman–Crippen MR) is 53.6 cm³/mol. The third kappa shape index (κ3) is 1.99. The summed E-state index contributed by atoms with van der Waals surface area (Å²) in [4.78, 5) is 14.5. The number of pyridine rings is 1. The minimum Gasteiger partial charge on any atom is -0.481 e. The molecule has 2 rings (SSSR count). The van der Waals surface area contributed by atoms with Gasteiger partial charge in [-0.05, 0) is 24.1 Å². The van der Waals surface area contributed by atoms with Crippen LogP contribution in [0.3, 0.4) is 0 Å². The molecule has 15 heavy (non-hydrogen) atoms. The Balaban J connectivity index is 2.12. The highest BCUT2D eigenvalue weighted by Crippen LogP contribution is 2.36. The topological polar surface area (TPSA) is 59.4 Å². The Morgan fingerprint density at radius 2 is 2.13 bits per heavy atom. The predicted octanol–water partition coefficient (Wildman–Crippen LogP) is 1.21. The summed E-state index contributed by atoms with van der Waals surface area (Å²) in [6, 6.07) is 3.87. The van der Waals surface area contributed by atoms with Gasteiger partial charge in [-0.25, -0.2) is 0 Å². The van der Waals surface area contributed by atoms with Gasteiger partial charge in [-0.1, -0.05) is 0 Å². The molecule has 0 aliphatic carbocycles. The first-order valence-corrected chi connectivity index (χ1v) is 4.93. The van der Waals surface area contributed by atoms with Gasteiger partial charge in [-0.15, -0.1) is 0 Å². The summed E-state index contributed by atoms with van der Waals surface area (Å²) in [6.07, 6.45) is 4.28. The quantitative estimate of drug-likeness (QED) is 0.806. The molecule has 0 atom stereocenters. The van der Waals surface area contributed by atoms with E-state index >= 15 is 0 Å². The Morgan fingerprint density at radius 3 is 2.60 bits per heavy atom. The van der Waals surface area contributed by atoms with Crippen LogP contribution in [0.25, 0.3) is 0 Å². The second-order valence-corrected chi connectivity index (χ2v) is 3.90. The average molecular weight is 207 g/mol. The zero-order chi connectivity index (χ0) is 10.7. The molecule has 80 valence electrons. The highest BCUT2D eigenvalue weighted by atomic mass is 16.5. The van der Waals surface area contributed by atoms with Gasteiger partial charge in [-0.2, -0.15) is 0 Å². The largest absolute Gasteiger partial charge is 0.481 e. The Morgan fingerprint density at radius 1 is 1.47 bits per heavy atom.